The molecule has 0 radical (unpaired) electrons. The van der Waals surface area contributed by atoms with Gasteiger partial charge in [-0.25, -0.2) is 4.98 Å². The quantitative estimate of drug-likeness (QED) is 0.639. The highest BCUT2D eigenvalue weighted by Crippen LogP contribution is 2.34. The number of aryl methyl sites for hydroxylation is 1. The molecule has 0 spiro atoms. The summed E-state index contributed by atoms with van der Waals surface area (Å²) in [5.41, 5.74) is 1.27. The van der Waals surface area contributed by atoms with Gasteiger partial charge in [-0.3, -0.25) is 9.59 Å². The van der Waals surface area contributed by atoms with Gasteiger partial charge in [-0.2, -0.15) is 5.26 Å². The largest absolute Gasteiger partial charge is 0.340 e. The highest BCUT2D eigenvalue weighted by Gasteiger charge is 2.45. The first kappa shape index (κ1) is 19.9. The van der Waals surface area contributed by atoms with Crippen LogP contribution in [-0.2, 0) is 18.3 Å². The third-order valence-electron chi connectivity index (χ3n) is 5.30. The molecule has 0 saturated heterocycles. The summed E-state index contributed by atoms with van der Waals surface area (Å²) < 4.78 is 1.90. The van der Waals surface area contributed by atoms with Crippen molar-refractivity contribution in [1.82, 2.24) is 20.2 Å². The number of rotatable bonds is 6. The van der Waals surface area contributed by atoms with E-state index in [-0.39, 0.29) is 6.42 Å². The average Bonchev–Trinajstić information content (AvgIpc) is 3.45. The number of hydrogen-bond donors (Lipinski definition) is 2. The van der Waals surface area contributed by atoms with E-state index in [0.717, 1.165) is 11.0 Å². The first-order chi connectivity index (χ1) is 14.4. The summed E-state index contributed by atoms with van der Waals surface area (Å²) in [5.74, 6) is -0.167. The molecule has 1 atom stereocenters. The number of amides is 2. The number of nitrogens with zero attached hydrogens (tertiary/aromatic N) is 3. The van der Waals surface area contributed by atoms with Crippen molar-refractivity contribution in [2.45, 2.75) is 30.8 Å². The monoisotopic (exact) mass is 421 g/mol. The van der Waals surface area contributed by atoms with Gasteiger partial charge in [-0.05, 0) is 43.2 Å². The van der Waals surface area contributed by atoms with E-state index in [1.54, 1.807) is 24.3 Å². The molecule has 1 fully saturated rings. The van der Waals surface area contributed by atoms with Crippen molar-refractivity contribution in [2.24, 2.45) is 7.05 Å². The molecule has 0 bridgehead atoms. The van der Waals surface area contributed by atoms with Crippen LogP contribution < -0.4 is 10.6 Å². The zero-order chi connectivity index (χ0) is 21.3. The maximum absolute atomic E-state index is 13.0. The zero-order valence-corrected chi connectivity index (χ0v) is 17.1. The number of carbonyl (C=O) groups excluding carboxylic acids is 2. The van der Waals surface area contributed by atoms with Crippen LogP contribution in [0.4, 0.5) is 0 Å². The van der Waals surface area contributed by atoms with E-state index in [2.05, 4.69) is 21.7 Å². The fourth-order valence-electron chi connectivity index (χ4n) is 3.35. The van der Waals surface area contributed by atoms with Crippen LogP contribution in [0.3, 0.4) is 0 Å². The molecule has 0 aliphatic heterocycles. The molecule has 1 aliphatic carbocycles. The molecular formula is C22H20ClN5O2. The minimum absolute atomic E-state index is 0.185. The van der Waals surface area contributed by atoms with E-state index >= 15 is 0 Å². The van der Waals surface area contributed by atoms with Gasteiger partial charge < -0.3 is 15.2 Å². The van der Waals surface area contributed by atoms with Crippen LogP contribution in [-0.4, -0.2) is 32.9 Å². The summed E-state index contributed by atoms with van der Waals surface area (Å²) in [4.78, 5) is 30.4. The van der Waals surface area contributed by atoms with Gasteiger partial charge >= 0.3 is 0 Å². The Morgan fingerprint density at radius 2 is 2.03 bits per heavy atom. The topological polar surface area (TPSA) is 99.8 Å². The number of carbonyl (C=O) groups is 2. The zero-order valence-electron chi connectivity index (χ0n) is 16.4. The Labute approximate surface area is 178 Å². The Morgan fingerprint density at radius 3 is 2.70 bits per heavy atom. The first-order valence-corrected chi connectivity index (χ1v) is 9.99. The Morgan fingerprint density at radius 1 is 1.27 bits per heavy atom. The summed E-state index contributed by atoms with van der Waals surface area (Å²) in [6.45, 7) is 0. The van der Waals surface area contributed by atoms with Gasteiger partial charge in [0.2, 0.25) is 5.91 Å². The molecular weight excluding hydrogens is 402 g/mol. The number of hydrogen-bond acceptors (Lipinski definition) is 4. The minimum Gasteiger partial charge on any atom is -0.340 e. The molecule has 1 heterocycles. The van der Waals surface area contributed by atoms with Crippen molar-refractivity contribution in [1.29, 1.82) is 5.26 Å². The number of fused-ring (bicyclic) bond motifs is 1. The number of halogens is 1. The normalized spacial score (nSPS) is 15.2. The number of nitrogens with one attached hydrogen (secondary N) is 2. The number of nitriles is 1. The van der Waals surface area contributed by atoms with Gasteiger partial charge in [0.25, 0.3) is 5.91 Å². The van der Waals surface area contributed by atoms with E-state index in [1.165, 1.54) is 0 Å². The lowest BCUT2D eigenvalue weighted by Crippen LogP contribution is -2.51. The van der Waals surface area contributed by atoms with E-state index < -0.39 is 23.4 Å². The van der Waals surface area contributed by atoms with E-state index in [9.17, 15) is 14.9 Å². The Hall–Kier alpha value is -3.37. The van der Waals surface area contributed by atoms with Crippen molar-refractivity contribution in [3.63, 3.8) is 0 Å². The van der Waals surface area contributed by atoms with Crippen LogP contribution in [0.2, 0.25) is 5.02 Å². The molecule has 1 aliphatic rings. The average molecular weight is 422 g/mol. The number of aromatic nitrogens is 2. The number of para-hydroxylation sites is 2. The number of benzene rings is 2. The summed E-state index contributed by atoms with van der Waals surface area (Å²) >= 11 is 5.99. The summed E-state index contributed by atoms with van der Waals surface area (Å²) in [5, 5.41) is 15.3. The molecule has 1 aromatic heterocycles. The third-order valence-corrected chi connectivity index (χ3v) is 5.54. The molecule has 8 heteroatoms. The summed E-state index contributed by atoms with van der Waals surface area (Å²) in [7, 11) is 1.87. The SMILES string of the molecule is Cn1c(C[C@H](NC(=O)c2cccc(Cl)c2)C(=O)NC2(C#N)CC2)nc2ccccc21. The molecule has 30 heavy (non-hydrogen) atoms. The second-order valence-corrected chi connectivity index (χ2v) is 7.94. The van der Waals surface area contributed by atoms with Crippen molar-refractivity contribution < 1.29 is 9.59 Å². The van der Waals surface area contributed by atoms with E-state index in [0.29, 0.717) is 29.3 Å². The predicted octanol–water partition coefficient (Wildman–Crippen LogP) is 2.74. The summed E-state index contributed by atoms with van der Waals surface area (Å²) in [6, 6.07) is 15.4. The van der Waals surface area contributed by atoms with Crippen LogP contribution in [0.5, 0.6) is 0 Å². The number of imidazole rings is 1. The standard InChI is InChI=1S/C22H20ClN5O2/c1-28-18-8-3-2-7-16(18)25-19(28)12-17(21(30)27-22(13-24)9-10-22)26-20(29)14-5-4-6-15(23)11-14/h2-8,11,17H,9-10,12H2,1H3,(H,26,29)(H,27,30)/t17-/m0/s1. The van der Waals surface area contributed by atoms with Gasteiger partial charge in [-0.1, -0.05) is 29.8 Å². The Bertz CT molecular complexity index is 1180. The highest BCUT2D eigenvalue weighted by molar-refractivity contribution is 6.31. The Kier molecular flexibility index (Phi) is 5.18. The van der Waals surface area contributed by atoms with Gasteiger partial charge in [0.15, 0.2) is 0 Å². The lowest BCUT2D eigenvalue weighted by Gasteiger charge is -2.20. The van der Waals surface area contributed by atoms with Gasteiger partial charge in [0.1, 0.15) is 17.4 Å². The van der Waals surface area contributed by atoms with Crippen LogP contribution in [0.1, 0.15) is 29.0 Å². The van der Waals surface area contributed by atoms with Crippen LogP contribution in [0, 0.1) is 11.3 Å². The maximum atomic E-state index is 13.0. The van der Waals surface area contributed by atoms with Crippen molar-refractivity contribution in [3.8, 4) is 6.07 Å². The third kappa shape index (κ3) is 4.00. The maximum Gasteiger partial charge on any atom is 0.251 e. The fraction of sp³-hybridized carbons (Fsp3) is 0.273. The molecule has 2 N–H and O–H groups in total. The molecule has 0 unspecified atom stereocenters. The molecule has 7 nitrogen and oxygen atoms in total. The fourth-order valence-corrected chi connectivity index (χ4v) is 3.54. The van der Waals surface area contributed by atoms with E-state index in [4.69, 9.17) is 11.6 Å². The van der Waals surface area contributed by atoms with Crippen molar-refractivity contribution in [3.05, 3.63) is 64.9 Å². The Balaban J connectivity index is 1.61. The van der Waals surface area contributed by atoms with Gasteiger partial charge in [0, 0.05) is 24.1 Å². The lowest BCUT2D eigenvalue weighted by atomic mass is 10.1. The molecule has 4 rings (SSSR count). The lowest BCUT2D eigenvalue weighted by molar-refractivity contribution is -0.123. The van der Waals surface area contributed by atoms with Crippen molar-refractivity contribution in [2.75, 3.05) is 0 Å². The second kappa shape index (κ2) is 7.81. The smallest absolute Gasteiger partial charge is 0.251 e. The van der Waals surface area contributed by atoms with Crippen molar-refractivity contribution >= 4 is 34.4 Å². The van der Waals surface area contributed by atoms with E-state index in [1.807, 2.05) is 35.9 Å². The summed E-state index contributed by atoms with van der Waals surface area (Å²) in [6.07, 6.45) is 1.40. The van der Waals surface area contributed by atoms with Crippen LogP contribution >= 0.6 is 11.6 Å². The van der Waals surface area contributed by atoms with Gasteiger partial charge in [0.05, 0.1) is 17.1 Å². The highest BCUT2D eigenvalue weighted by atomic mass is 35.5. The van der Waals surface area contributed by atoms with Crippen LogP contribution in [0.25, 0.3) is 11.0 Å². The molecule has 3 aromatic rings. The molecule has 1 saturated carbocycles. The molecule has 152 valence electrons. The van der Waals surface area contributed by atoms with Crippen LogP contribution in [0.15, 0.2) is 48.5 Å². The molecule has 2 aromatic carbocycles. The predicted molar refractivity (Wildman–Crippen MR) is 113 cm³/mol. The minimum atomic E-state index is -0.891. The van der Waals surface area contributed by atoms with Gasteiger partial charge in [-0.15, -0.1) is 0 Å². The first-order valence-electron chi connectivity index (χ1n) is 9.61. The second-order valence-electron chi connectivity index (χ2n) is 7.50. The molecule has 2 amide bonds.